The van der Waals surface area contributed by atoms with Crippen molar-refractivity contribution in [1.82, 2.24) is 0 Å². The van der Waals surface area contributed by atoms with E-state index in [1.807, 2.05) is 30.3 Å². The SMILES string of the molecule is CC(C)(C)[Si](C)(C)OC[C@H](N=[N+]=[N-])c1c(Cl)cc(OCc2ccccc2)cc1Cl. The third-order valence-corrected chi connectivity index (χ3v) is 10.4. The van der Waals surface area contributed by atoms with E-state index in [2.05, 4.69) is 43.9 Å². The van der Waals surface area contributed by atoms with Gasteiger partial charge in [-0.15, -0.1) is 0 Å². The van der Waals surface area contributed by atoms with Gasteiger partial charge in [-0.1, -0.05) is 79.4 Å². The standard InChI is InChI=1S/C21H27Cl2N3O2Si/c1-21(2,3)29(4,5)28-14-19(25-26-24)20-17(22)11-16(12-18(20)23)27-13-15-9-7-6-8-10-15/h6-12,19H,13-14H2,1-5H3/t19-/m0/s1. The van der Waals surface area contributed by atoms with Crippen LogP contribution in [-0.4, -0.2) is 14.9 Å². The Hall–Kier alpha value is -1.69. The minimum absolute atomic E-state index is 0.0383. The van der Waals surface area contributed by atoms with Gasteiger partial charge in [0.25, 0.3) is 0 Å². The first-order chi connectivity index (χ1) is 13.5. The molecule has 2 aromatic rings. The molecule has 8 heteroatoms. The molecule has 0 saturated carbocycles. The first-order valence-corrected chi connectivity index (χ1v) is 13.1. The van der Waals surface area contributed by atoms with Crippen molar-refractivity contribution in [2.75, 3.05) is 6.61 Å². The van der Waals surface area contributed by atoms with Crippen LogP contribution in [0, 0.1) is 0 Å². The van der Waals surface area contributed by atoms with E-state index in [4.69, 9.17) is 37.9 Å². The molecule has 0 bridgehead atoms. The van der Waals surface area contributed by atoms with Crippen LogP contribution in [-0.2, 0) is 11.0 Å². The topological polar surface area (TPSA) is 67.2 Å². The van der Waals surface area contributed by atoms with Gasteiger partial charge in [-0.2, -0.15) is 0 Å². The normalized spacial score (nSPS) is 12.9. The number of ether oxygens (including phenoxy) is 1. The summed E-state index contributed by atoms with van der Waals surface area (Å²) in [5.41, 5.74) is 10.6. The van der Waals surface area contributed by atoms with Crippen molar-refractivity contribution in [3.63, 3.8) is 0 Å². The van der Waals surface area contributed by atoms with Gasteiger partial charge in [0.1, 0.15) is 12.4 Å². The number of azide groups is 1. The van der Waals surface area contributed by atoms with Gasteiger partial charge >= 0.3 is 0 Å². The van der Waals surface area contributed by atoms with E-state index >= 15 is 0 Å². The lowest BCUT2D eigenvalue weighted by Crippen LogP contribution is -2.41. The van der Waals surface area contributed by atoms with Crippen LogP contribution >= 0.6 is 23.2 Å². The fraction of sp³-hybridized carbons (Fsp3) is 0.429. The van der Waals surface area contributed by atoms with Gasteiger partial charge in [-0.25, -0.2) is 0 Å². The average molecular weight is 452 g/mol. The Bertz CT molecular complexity index is 856. The Balaban J connectivity index is 2.20. The Morgan fingerprint density at radius 1 is 1.10 bits per heavy atom. The second-order valence-electron chi connectivity index (χ2n) is 8.37. The summed E-state index contributed by atoms with van der Waals surface area (Å²) in [5.74, 6) is 0.553. The van der Waals surface area contributed by atoms with Gasteiger partial charge in [-0.05, 0) is 41.4 Å². The van der Waals surface area contributed by atoms with E-state index in [1.165, 1.54) is 0 Å². The van der Waals surface area contributed by atoms with Gasteiger partial charge in [0.2, 0.25) is 0 Å². The average Bonchev–Trinajstić information content (AvgIpc) is 2.64. The van der Waals surface area contributed by atoms with Gasteiger partial charge in [0.15, 0.2) is 8.32 Å². The molecule has 2 rings (SSSR count). The predicted molar refractivity (Wildman–Crippen MR) is 122 cm³/mol. The molecule has 5 nitrogen and oxygen atoms in total. The number of nitrogens with zero attached hydrogens (tertiary/aromatic N) is 3. The van der Waals surface area contributed by atoms with Crippen LogP contribution in [0.2, 0.25) is 28.2 Å². The second kappa shape index (κ2) is 9.87. The molecule has 0 aliphatic heterocycles. The third kappa shape index (κ3) is 6.39. The molecule has 0 saturated heterocycles. The van der Waals surface area contributed by atoms with Crippen molar-refractivity contribution in [3.8, 4) is 5.75 Å². The largest absolute Gasteiger partial charge is 0.489 e. The van der Waals surface area contributed by atoms with Crippen molar-refractivity contribution in [1.29, 1.82) is 0 Å². The highest BCUT2D eigenvalue weighted by atomic mass is 35.5. The van der Waals surface area contributed by atoms with Crippen molar-refractivity contribution >= 4 is 31.5 Å². The van der Waals surface area contributed by atoms with E-state index < -0.39 is 14.4 Å². The molecule has 0 amide bonds. The molecule has 156 valence electrons. The van der Waals surface area contributed by atoms with Crippen LogP contribution in [0.1, 0.15) is 37.9 Å². The lowest BCUT2D eigenvalue weighted by molar-refractivity contribution is 0.264. The summed E-state index contributed by atoms with van der Waals surface area (Å²) >= 11 is 13.0. The number of hydrogen-bond donors (Lipinski definition) is 0. The maximum atomic E-state index is 9.04. The molecule has 0 heterocycles. The highest BCUT2D eigenvalue weighted by molar-refractivity contribution is 6.74. The van der Waals surface area contributed by atoms with Crippen LogP contribution in [0.3, 0.4) is 0 Å². The van der Waals surface area contributed by atoms with Crippen LogP contribution < -0.4 is 4.74 Å². The van der Waals surface area contributed by atoms with E-state index in [1.54, 1.807) is 12.1 Å². The van der Waals surface area contributed by atoms with Crippen molar-refractivity contribution in [2.24, 2.45) is 5.11 Å². The van der Waals surface area contributed by atoms with Crippen molar-refractivity contribution in [2.45, 2.75) is 51.6 Å². The minimum atomic E-state index is -2.02. The number of rotatable bonds is 8. The summed E-state index contributed by atoms with van der Waals surface area (Å²) in [6.07, 6.45) is 0. The molecule has 0 N–H and O–H groups in total. The lowest BCUT2D eigenvalue weighted by atomic mass is 10.1. The number of halogens is 2. The van der Waals surface area contributed by atoms with Gasteiger partial charge in [-0.3, -0.25) is 0 Å². The molecule has 0 radical (unpaired) electrons. The van der Waals surface area contributed by atoms with Gasteiger partial charge in [0.05, 0.1) is 6.04 Å². The summed E-state index contributed by atoms with van der Waals surface area (Å²) in [4.78, 5) is 2.97. The Morgan fingerprint density at radius 3 is 2.21 bits per heavy atom. The molecule has 1 atom stereocenters. The van der Waals surface area contributed by atoms with Crippen LogP contribution in [0.25, 0.3) is 10.4 Å². The van der Waals surface area contributed by atoms with Crippen LogP contribution in [0.15, 0.2) is 47.6 Å². The smallest absolute Gasteiger partial charge is 0.192 e. The fourth-order valence-electron chi connectivity index (χ4n) is 2.44. The zero-order chi connectivity index (χ0) is 21.7. The number of hydrogen-bond acceptors (Lipinski definition) is 3. The van der Waals surface area contributed by atoms with Gasteiger partial charge < -0.3 is 9.16 Å². The fourth-order valence-corrected chi connectivity index (χ4v) is 4.17. The molecule has 0 fully saturated rings. The Morgan fingerprint density at radius 2 is 1.69 bits per heavy atom. The molecule has 29 heavy (non-hydrogen) atoms. The zero-order valence-corrected chi connectivity index (χ0v) is 20.0. The molecule has 0 aliphatic rings. The summed E-state index contributed by atoms with van der Waals surface area (Å²) < 4.78 is 12.0. The molecular formula is C21H27Cl2N3O2Si. The maximum Gasteiger partial charge on any atom is 0.192 e. The molecular weight excluding hydrogens is 425 g/mol. The highest BCUT2D eigenvalue weighted by Crippen LogP contribution is 2.40. The summed E-state index contributed by atoms with van der Waals surface area (Å²) in [6.45, 7) is 11.4. The van der Waals surface area contributed by atoms with E-state index in [0.717, 1.165) is 5.56 Å². The zero-order valence-electron chi connectivity index (χ0n) is 17.4. The van der Waals surface area contributed by atoms with E-state index in [0.29, 0.717) is 28.0 Å². The second-order valence-corrected chi connectivity index (χ2v) is 14.0. The lowest BCUT2D eigenvalue weighted by Gasteiger charge is -2.37. The predicted octanol–water partition coefficient (Wildman–Crippen LogP) is 7.95. The Kier molecular flexibility index (Phi) is 8.03. The van der Waals surface area contributed by atoms with Gasteiger partial charge in [0, 0.05) is 27.1 Å². The van der Waals surface area contributed by atoms with Crippen LogP contribution in [0.4, 0.5) is 0 Å². The summed E-state index contributed by atoms with van der Waals surface area (Å²) in [6, 6.07) is 12.6. The van der Waals surface area contributed by atoms with Crippen LogP contribution in [0.5, 0.6) is 5.75 Å². The monoisotopic (exact) mass is 451 g/mol. The first-order valence-electron chi connectivity index (χ1n) is 9.39. The molecule has 2 aromatic carbocycles. The number of benzene rings is 2. The van der Waals surface area contributed by atoms with Crippen molar-refractivity contribution < 1.29 is 9.16 Å². The minimum Gasteiger partial charge on any atom is -0.489 e. The summed E-state index contributed by atoms with van der Waals surface area (Å²) in [5, 5.41) is 4.70. The third-order valence-electron chi connectivity index (χ3n) is 5.23. The Labute approximate surface area is 183 Å². The molecule has 0 spiro atoms. The molecule has 0 aliphatic carbocycles. The molecule has 0 aromatic heterocycles. The summed E-state index contributed by atoms with van der Waals surface area (Å²) in [7, 11) is -2.02. The molecule has 0 unspecified atom stereocenters. The van der Waals surface area contributed by atoms with E-state index in [9.17, 15) is 0 Å². The first kappa shape index (κ1) is 23.6. The van der Waals surface area contributed by atoms with Crippen molar-refractivity contribution in [3.05, 3.63) is 74.1 Å². The van der Waals surface area contributed by atoms with E-state index in [-0.39, 0.29) is 11.6 Å². The highest BCUT2D eigenvalue weighted by Gasteiger charge is 2.38. The maximum absolute atomic E-state index is 9.04. The quantitative estimate of drug-likeness (QED) is 0.177.